The molecule has 3 heteroatoms. The molecule has 0 aromatic carbocycles. The first-order chi connectivity index (χ1) is 5.88. The number of rotatable bonds is 1. The zero-order valence-corrected chi connectivity index (χ0v) is 9.29. The third-order valence-corrected chi connectivity index (χ3v) is 2.81. The Labute approximate surface area is 80.7 Å². The number of urea groups is 1. The molecule has 0 aliphatic carbocycles. The zero-order valence-electron chi connectivity index (χ0n) is 9.29. The molecule has 0 N–H and O–H groups in total. The van der Waals surface area contributed by atoms with E-state index >= 15 is 0 Å². The van der Waals surface area contributed by atoms with Crippen LogP contribution in [0.4, 0.5) is 4.79 Å². The number of carbonyl (C=O) groups is 1. The summed E-state index contributed by atoms with van der Waals surface area (Å²) >= 11 is 0. The van der Waals surface area contributed by atoms with Crippen LogP contribution in [0.1, 0.15) is 27.7 Å². The summed E-state index contributed by atoms with van der Waals surface area (Å²) < 4.78 is 0. The third-order valence-electron chi connectivity index (χ3n) is 2.81. The molecule has 1 fully saturated rings. The van der Waals surface area contributed by atoms with Crippen molar-refractivity contribution in [3.63, 3.8) is 0 Å². The minimum absolute atomic E-state index is 0.169. The van der Waals surface area contributed by atoms with Gasteiger partial charge in [0, 0.05) is 20.1 Å². The zero-order chi connectivity index (χ0) is 10.2. The number of likely N-dealkylation sites (N-methyl/N-ethyl adjacent to an activating group) is 2. The Hall–Kier alpha value is -0.730. The largest absolute Gasteiger partial charge is 0.323 e. The second kappa shape index (κ2) is 3.20. The SMILES string of the molecule is CCN1CC(C(C)(C)C)N(C)C1=O. The quantitative estimate of drug-likeness (QED) is 0.609. The van der Waals surface area contributed by atoms with Crippen molar-refractivity contribution in [3.8, 4) is 0 Å². The van der Waals surface area contributed by atoms with E-state index in [9.17, 15) is 4.79 Å². The topological polar surface area (TPSA) is 23.6 Å². The first-order valence-corrected chi connectivity index (χ1v) is 4.89. The molecule has 1 heterocycles. The van der Waals surface area contributed by atoms with Crippen LogP contribution in [0.25, 0.3) is 0 Å². The summed E-state index contributed by atoms with van der Waals surface area (Å²) in [7, 11) is 1.90. The van der Waals surface area contributed by atoms with E-state index < -0.39 is 0 Å². The van der Waals surface area contributed by atoms with E-state index in [1.165, 1.54) is 0 Å². The highest BCUT2D eigenvalue weighted by atomic mass is 16.2. The molecule has 3 nitrogen and oxygen atoms in total. The molecule has 1 saturated heterocycles. The van der Waals surface area contributed by atoms with E-state index in [2.05, 4.69) is 20.8 Å². The first-order valence-electron chi connectivity index (χ1n) is 4.89. The second-order valence-corrected chi connectivity index (χ2v) is 4.81. The highest BCUT2D eigenvalue weighted by molar-refractivity contribution is 5.77. The summed E-state index contributed by atoms with van der Waals surface area (Å²) in [6.45, 7) is 10.3. The van der Waals surface area contributed by atoms with Gasteiger partial charge in [0.25, 0.3) is 0 Å². The van der Waals surface area contributed by atoms with Crippen LogP contribution >= 0.6 is 0 Å². The number of hydrogen-bond donors (Lipinski definition) is 0. The molecule has 1 aliphatic rings. The fraction of sp³-hybridized carbons (Fsp3) is 0.900. The summed E-state index contributed by atoms with van der Waals surface area (Å²) in [5, 5.41) is 0. The van der Waals surface area contributed by atoms with E-state index in [1.54, 1.807) is 0 Å². The molecular weight excluding hydrogens is 164 g/mol. The maximum Gasteiger partial charge on any atom is 0.320 e. The number of hydrogen-bond acceptors (Lipinski definition) is 1. The van der Waals surface area contributed by atoms with E-state index in [-0.39, 0.29) is 11.4 Å². The van der Waals surface area contributed by atoms with Crippen molar-refractivity contribution in [1.29, 1.82) is 0 Å². The number of carbonyl (C=O) groups excluding carboxylic acids is 1. The third kappa shape index (κ3) is 1.79. The molecule has 0 aromatic heterocycles. The minimum Gasteiger partial charge on any atom is -0.323 e. The van der Waals surface area contributed by atoms with E-state index in [0.29, 0.717) is 6.04 Å². The maximum absolute atomic E-state index is 11.6. The Kier molecular flexibility index (Phi) is 2.55. The lowest BCUT2D eigenvalue weighted by Crippen LogP contribution is -2.39. The molecule has 76 valence electrons. The van der Waals surface area contributed by atoms with E-state index in [0.717, 1.165) is 13.1 Å². The van der Waals surface area contributed by atoms with Crippen LogP contribution < -0.4 is 0 Å². The van der Waals surface area contributed by atoms with Gasteiger partial charge in [-0.05, 0) is 12.3 Å². The van der Waals surface area contributed by atoms with Crippen molar-refractivity contribution in [2.75, 3.05) is 20.1 Å². The van der Waals surface area contributed by atoms with Gasteiger partial charge in [-0.2, -0.15) is 0 Å². The highest BCUT2D eigenvalue weighted by Crippen LogP contribution is 2.29. The molecule has 0 aromatic rings. The Morgan fingerprint density at radius 2 is 2.00 bits per heavy atom. The molecule has 1 aliphatic heterocycles. The van der Waals surface area contributed by atoms with Crippen molar-refractivity contribution >= 4 is 6.03 Å². The predicted octanol–water partition coefficient (Wildman–Crippen LogP) is 1.79. The minimum atomic E-state index is 0.169. The lowest BCUT2D eigenvalue weighted by molar-refractivity contribution is 0.173. The smallest absolute Gasteiger partial charge is 0.320 e. The summed E-state index contributed by atoms with van der Waals surface area (Å²) in [6.07, 6.45) is 0. The van der Waals surface area contributed by atoms with Gasteiger partial charge in [-0.15, -0.1) is 0 Å². The normalized spacial score (nSPS) is 24.4. The lowest BCUT2D eigenvalue weighted by Gasteiger charge is -2.30. The van der Waals surface area contributed by atoms with Crippen LogP contribution in [0.3, 0.4) is 0 Å². The van der Waals surface area contributed by atoms with E-state index in [4.69, 9.17) is 0 Å². The van der Waals surface area contributed by atoms with Crippen molar-refractivity contribution in [2.45, 2.75) is 33.7 Å². The summed E-state index contributed by atoms with van der Waals surface area (Å²) in [4.78, 5) is 15.4. The molecule has 2 amide bonds. The van der Waals surface area contributed by atoms with Gasteiger partial charge in [-0.3, -0.25) is 0 Å². The summed E-state index contributed by atoms with van der Waals surface area (Å²) in [6, 6.07) is 0.516. The Bertz CT molecular complexity index is 207. The van der Waals surface area contributed by atoms with Crippen LogP contribution in [0.2, 0.25) is 0 Å². The van der Waals surface area contributed by atoms with Crippen LogP contribution in [0.5, 0.6) is 0 Å². The Balaban J connectivity index is 2.77. The average Bonchev–Trinajstić information content (AvgIpc) is 2.28. The van der Waals surface area contributed by atoms with Crippen LogP contribution in [-0.2, 0) is 0 Å². The number of amides is 2. The Morgan fingerprint density at radius 1 is 1.46 bits per heavy atom. The molecule has 1 unspecified atom stereocenters. The van der Waals surface area contributed by atoms with Gasteiger partial charge in [0.15, 0.2) is 0 Å². The van der Waals surface area contributed by atoms with E-state index in [1.807, 2.05) is 23.8 Å². The van der Waals surface area contributed by atoms with Gasteiger partial charge in [0.2, 0.25) is 0 Å². The number of nitrogens with zero attached hydrogens (tertiary/aromatic N) is 2. The molecule has 0 saturated carbocycles. The van der Waals surface area contributed by atoms with Crippen molar-refractivity contribution in [2.24, 2.45) is 5.41 Å². The molecular formula is C10H20N2O. The highest BCUT2D eigenvalue weighted by Gasteiger charge is 2.40. The van der Waals surface area contributed by atoms with Crippen molar-refractivity contribution < 1.29 is 4.79 Å². The van der Waals surface area contributed by atoms with Gasteiger partial charge in [0.05, 0.1) is 6.04 Å². The lowest BCUT2D eigenvalue weighted by atomic mass is 9.86. The van der Waals surface area contributed by atoms with Crippen LogP contribution in [0, 0.1) is 5.41 Å². The summed E-state index contributed by atoms with van der Waals surface area (Å²) in [5.74, 6) is 0. The van der Waals surface area contributed by atoms with Crippen molar-refractivity contribution in [3.05, 3.63) is 0 Å². The molecule has 1 rings (SSSR count). The van der Waals surface area contributed by atoms with Crippen LogP contribution in [-0.4, -0.2) is 42.0 Å². The van der Waals surface area contributed by atoms with Gasteiger partial charge in [-0.1, -0.05) is 20.8 Å². The Morgan fingerprint density at radius 3 is 2.23 bits per heavy atom. The monoisotopic (exact) mass is 184 g/mol. The van der Waals surface area contributed by atoms with Gasteiger partial charge < -0.3 is 9.80 Å². The fourth-order valence-electron chi connectivity index (χ4n) is 1.88. The molecule has 0 spiro atoms. The molecule has 0 radical (unpaired) electrons. The second-order valence-electron chi connectivity index (χ2n) is 4.81. The van der Waals surface area contributed by atoms with Gasteiger partial charge in [-0.25, -0.2) is 4.79 Å². The molecule has 0 bridgehead atoms. The molecule has 1 atom stereocenters. The average molecular weight is 184 g/mol. The predicted molar refractivity (Wildman–Crippen MR) is 53.6 cm³/mol. The van der Waals surface area contributed by atoms with Gasteiger partial charge in [0.1, 0.15) is 0 Å². The maximum atomic E-state index is 11.6. The standard InChI is InChI=1S/C10H20N2O/c1-6-12-7-8(10(2,3)4)11(5)9(12)13/h8H,6-7H2,1-5H3. The molecule has 13 heavy (non-hydrogen) atoms. The van der Waals surface area contributed by atoms with Crippen molar-refractivity contribution in [1.82, 2.24) is 9.80 Å². The summed E-state index contributed by atoms with van der Waals surface area (Å²) in [5.41, 5.74) is 0.175. The van der Waals surface area contributed by atoms with Gasteiger partial charge >= 0.3 is 6.03 Å². The fourth-order valence-corrected chi connectivity index (χ4v) is 1.88. The van der Waals surface area contributed by atoms with Crippen LogP contribution in [0.15, 0.2) is 0 Å². The first kappa shape index (κ1) is 10.4.